The van der Waals surface area contributed by atoms with Gasteiger partial charge in [0.15, 0.2) is 0 Å². The fraction of sp³-hybridized carbons (Fsp3) is 0.588. The van der Waals surface area contributed by atoms with Crippen LogP contribution in [0, 0.1) is 0 Å². The molecule has 0 aliphatic heterocycles. The zero-order valence-corrected chi connectivity index (χ0v) is 14.0. The first-order valence-electron chi connectivity index (χ1n) is 7.90. The predicted octanol–water partition coefficient (Wildman–Crippen LogP) is 5.02. The lowest BCUT2D eigenvalue weighted by Gasteiger charge is -2.07. The molecule has 0 amide bonds. The number of nitrogens with one attached hydrogen (secondary N) is 1. The van der Waals surface area contributed by atoms with Crippen molar-refractivity contribution in [1.82, 2.24) is 5.43 Å². The molecule has 0 aliphatic carbocycles. The topological polar surface area (TPSA) is 33.6 Å². The minimum absolute atomic E-state index is 0.658. The Morgan fingerprint density at radius 3 is 2.52 bits per heavy atom. The Morgan fingerprint density at radius 1 is 1.14 bits per heavy atom. The largest absolute Gasteiger partial charge is 0.494 e. The average Bonchev–Trinajstić information content (AvgIpc) is 2.49. The molecule has 0 saturated heterocycles. The highest BCUT2D eigenvalue weighted by molar-refractivity contribution is 6.33. The zero-order valence-electron chi connectivity index (χ0n) is 13.2. The molecular weight excluding hydrogens is 284 g/mol. The van der Waals surface area contributed by atoms with E-state index in [0.29, 0.717) is 5.02 Å². The number of hydrogen-bond acceptors (Lipinski definition) is 3. The molecule has 0 radical (unpaired) electrons. The van der Waals surface area contributed by atoms with Crippen molar-refractivity contribution >= 4 is 17.8 Å². The summed E-state index contributed by atoms with van der Waals surface area (Å²) < 4.78 is 5.73. The quantitative estimate of drug-likeness (QED) is 0.353. The van der Waals surface area contributed by atoms with Crippen molar-refractivity contribution in [3.8, 4) is 5.75 Å². The number of unbranched alkanes of at least 4 members (excludes halogenated alkanes) is 6. The third kappa shape index (κ3) is 7.96. The van der Waals surface area contributed by atoms with E-state index in [-0.39, 0.29) is 0 Å². The van der Waals surface area contributed by atoms with Gasteiger partial charge in [-0.05, 0) is 24.6 Å². The van der Waals surface area contributed by atoms with Crippen LogP contribution in [0.2, 0.25) is 5.02 Å². The van der Waals surface area contributed by atoms with E-state index in [4.69, 9.17) is 16.3 Å². The number of ether oxygens (including phenoxy) is 1. The van der Waals surface area contributed by atoms with Crippen LogP contribution in [0.15, 0.2) is 23.3 Å². The molecule has 0 heterocycles. The lowest BCUT2D eigenvalue weighted by Crippen LogP contribution is -1.98. The van der Waals surface area contributed by atoms with E-state index in [0.717, 1.165) is 24.3 Å². The standard InChI is InChI=1S/C17H27ClN2O/c1-3-4-5-6-7-8-9-12-21-16-11-10-15(14-20-19-2)17(18)13-16/h10-11,13-14,19H,3-9,12H2,1-2H3/b20-14+. The number of hydrogen-bond donors (Lipinski definition) is 1. The van der Waals surface area contributed by atoms with Crippen molar-refractivity contribution in [2.24, 2.45) is 5.10 Å². The van der Waals surface area contributed by atoms with Crippen LogP contribution < -0.4 is 10.2 Å². The Bertz CT molecular complexity index is 421. The van der Waals surface area contributed by atoms with Crippen LogP contribution in [-0.4, -0.2) is 19.9 Å². The Kier molecular flexibility index (Phi) is 9.71. The Hall–Kier alpha value is -1.22. The summed E-state index contributed by atoms with van der Waals surface area (Å²) in [7, 11) is 1.75. The number of benzene rings is 1. The van der Waals surface area contributed by atoms with Crippen LogP contribution in [0.1, 0.15) is 57.4 Å². The van der Waals surface area contributed by atoms with Gasteiger partial charge in [0.1, 0.15) is 5.75 Å². The van der Waals surface area contributed by atoms with Gasteiger partial charge in [-0.15, -0.1) is 0 Å². The summed E-state index contributed by atoms with van der Waals surface area (Å²) in [4.78, 5) is 0. The summed E-state index contributed by atoms with van der Waals surface area (Å²) in [6.07, 6.45) is 10.7. The summed E-state index contributed by atoms with van der Waals surface area (Å²) in [5.41, 5.74) is 3.59. The maximum Gasteiger partial charge on any atom is 0.120 e. The summed E-state index contributed by atoms with van der Waals surface area (Å²) in [5.74, 6) is 0.826. The van der Waals surface area contributed by atoms with E-state index in [9.17, 15) is 0 Å². The van der Waals surface area contributed by atoms with Gasteiger partial charge in [0, 0.05) is 12.6 Å². The van der Waals surface area contributed by atoms with Gasteiger partial charge >= 0.3 is 0 Å². The maximum atomic E-state index is 6.18. The van der Waals surface area contributed by atoms with Crippen molar-refractivity contribution in [3.63, 3.8) is 0 Å². The third-order valence-corrected chi connectivity index (χ3v) is 3.65. The Morgan fingerprint density at radius 2 is 1.86 bits per heavy atom. The van der Waals surface area contributed by atoms with Gasteiger partial charge in [0.2, 0.25) is 0 Å². The highest BCUT2D eigenvalue weighted by Crippen LogP contribution is 2.21. The first-order valence-corrected chi connectivity index (χ1v) is 8.28. The van der Waals surface area contributed by atoms with E-state index in [2.05, 4.69) is 17.5 Å². The number of halogens is 1. The molecule has 0 fully saturated rings. The molecular formula is C17H27ClN2O. The van der Waals surface area contributed by atoms with Crippen LogP contribution in [0.5, 0.6) is 5.75 Å². The van der Waals surface area contributed by atoms with Crippen molar-refractivity contribution in [2.45, 2.75) is 51.9 Å². The van der Waals surface area contributed by atoms with Crippen molar-refractivity contribution < 1.29 is 4.74 Å². The normalized spacial score (nSPS) is 11.0. The summed E-state index contributed by atoms with van der Waals surface area (Å²) in [6.45, 7) is 3.00. The molecule has 0 saturated carbocycles. The predicted molar refractivity (Wildman–Crippen MR) is 91.6 cm³/mol. The molecule has 0 spiro atoms. The molecule has 3 nitrogen and oxygen atoms in total. The second-order valence-electron chi connectivity index (χ2n) is 5.13. The van der Waals surface area contributed by atoms with Gasteiger partial charge in [-0.2, -0.15) is 5.10 Å². The minimum Gasteiger partial charge on any atom is -0.494 e. The number of nitrogens with zero attached hydrogens (tertiary/aromatic N) is 1. The molecule has 0 aliphatic rings. The lowest BCUT2D eigenvalue weighted by atomic mass is 10.1. The first-order chi connectivity index (χ1) is 10.3. The van der Waals surface area contributed by atoms with Crippen LogP contribution in [-0.2, 0) is 0 Å². The maximum absolute atomic E-state index is 6.18. The van der Waals surface area contributed by atoms with E-state index in [1.807, 2.05) is 18.2 Å². The minimum atomic E-state index is 0.658. The third-order valence-electron chi connectivity index (χ3n) is 3.32. The van der Waals surface area contributed by atoms with Crippen LogP contribution >= 0.6 is 11.6 Å². The van der Waals surface area contributed by atoms with E-state index in [1.54, 1.807) is 13.3 Å². The second kappa shape index (κ2) is 11.4. The van der Waals surface area contributed by atoms with E-state index >= 15 is 0 Å². The van der Waals surface area contributed by atoms with Crippen molar-refractivity contribution in [3.05, 3.63) is 28.8 Å². The molecule has 118 valence electrons. The first kappa shape index (κ1) is 17.8. The smallest absolute Gasteiger partial charge is 0.120 e. The molecule has 0 bridgehead atoms. The molecule has 21 heavy (non-hydrogen) atoms. The molecule has 1 aromatic carbocycles. The Balaban J connectivity index is 2.20. The van der Waals surface area contributed by atoms with Crippen molar-refractivity contribution in [2.75, 3.05) is 13.7 Å². The van der Waals surface area contributed by atoms with E-state index in [1.165, 1.54) is 38.5 Å². The molecule has 0 atom stereocenters. The Labute approximate surface area is 133 Å². The fourth-order valence-corrected chi connectivity index (χ4v) is 2.30. The van der Waals surface area contributed by atoms with Gasteiger partial charge in [-0.25, -0.2) is 0 Å². The summed E-state index contributed by atoms with van der Waals surface area (Å²) in [6, 6.07) is 5.70. The lowest BCUT2D eigenvalue weighted by molar-refractivity contribution is 0.304. The van der Waals surface area contributed by atoms with Gasteiger partial charge in [0.25, 0.3) is 0 Å². The van der Waals surface area contributed by atoms with Crippen LogP contribution in [0.25, 0.3) is 0 Å². The zero-order chi connectivity index (χ0) is 15.3. The monoisotopic (exact) mass is 310 g/mol. The summed E-state index contributed by atoms with van der Waals surface area (Å²) >= 11 is 6.18. The average molecular weight is 311 g/mol. The van der Waals surface area contributed by atoms with Gasteiger partial charge in [-0.3, -0.25) is 0 Å². The molecule has 0 unspecified atom stereocenters. The molecule has 1 N–H and O–H groups in total. The van der Waals surface area contributed by atoms with Gasteiger partial charge in [0.05, 0.1) is 17.8 Å². The van der Waals surface area contributed by atoms with E-state index < -0.39 is 0 Å². The molecule has 4 heteroatoms. The SMILES string of the molecule is CCCCCCCCCOc1ccc(/C=N/NC)c(Cl)c1. The second-order valence-corrected chi connectivity index (χ2v) is 5.54. The fourth-order valence-electron chi connectivity index (χ4n) is 2.09. The molecule has 1 rings (SSSR count). The van der Waals surface area contributed by atoms with Crippen LogP contribution in [0.3, 0.4) is 0 Å². The van der Waals surface area contributed by atoms with Crippen molar-refractivity contribution in [1.29, 1.82) is 0 Å². The highest BCUT2D eigenvalue weighted by atomic mass is 35.5. The summed E-state index contributed by atoms with van der Waals surface area (Å²) in [5, 5.41) is 4.61. The molecule has 1 aromatic rings. The molecule has 0 aromatic heterocycles. The van der Waals surface area contributed by atoms with Gasteiger partial charge < -0.3 is 10.2 Å². The van der Waals surface area contributed by atoms with Gasteiger partial charge in [-0.1, -0.05) is 57.0 Å². The highest BCUT2D eigenvalue weighted by Gasteiger charge is 2.01. The van der Waals surface area contributed by atoms with Crippen LogP contribution in [0.4, 0.5) is 0 Å². The number of rotatable bonds is 11. The number of hydrazone groups is 1.